The fourth-order valence-electron chi connectivity index (χ4n) is 3.57. The lowest BCUT2D eigenvalue weighted by Gasteiger charge is -2.28. The van der Waals surface area contributed by atoms with Gasteiger partial charge in [-0.1, -0.05) is 30.3 Å². The fourth-order valence-corrected chi connectivity index (χ4v) is 3.57. The zero-order chi connectivity index (χ0) is 17.8. The van der Waals surface area contributed by atoms with Crippen molar-refractivity contribution in [3.63, 3.8) is 0 Å². The smallest absolute Gasteiger partial charge is 0.297 e. The van der Waals surface area contributed by atoms with E-state index in [4.69, 9.17) is 14.5 Å². The van der Waals surface area contributed by atoms with Gasteiger partial charge in [-0.2, -0.15) is 4.98 Å². The second kappa shape index (κ2) is 7.79. The topological polar surface area (TPSA) is 39.5 Å². The maximum absolute atomic E-state index is 5.54. The highest BCUT2D eigenvalue weighted by atomic mass is 16.5. The summed E-state index contributed by atoms with van der Waals surface area (Å²) in [6, 6.07) is 17.8. The summed E-state index contributed by atoms with van der Waals surface area (Å²) >= 11 is 0. The van der Waals surface area contributed by atoms with Crippen LogP contribution >= 0.6 is 0 Å². The monoisotopic (exact) mass is 351 g/mol. The van der Waals surface area contributed by atoms with Crippen LogP contribution in [0.3, 0.4) is 0 Å². The number of nitrogens with zero attached hydrogens (tertiary/aromatic N) is 3. The molecule has 0 bridgehead atoms. The minimum atomic E-state index is 0.687. The van der Waals surface area contributed by atoms with E-state index in [1.807, 2.05) is 0 Å². The van der Waals surface area contributed by atoms with E-state index in [0.717, 1.165) is 56.7 Å². The van der Waals surface area contributed by atoms with Gasteiger partial charge >= 0.3 is 0 Å². The van der Waals surface area contributed by atoms with Gasteiger partial charge in [0.1, 0.15) is 0 Å². The van der Waals surface area contributed by atoms with Gasteiger partial charge in [0.15, 0.2) is 0 Å². The number of methoxy groups -OCH3 is 1. The summed E-state index contributed by atoms with van der Waals surface area (Å²) in [4.78, 5) is 7.05. The van der Waals surface area contributed by atoms with Crippen LogP contribution in [0.1, 0.15) is 12.0 Å². The number of hydrogen-bond donors (Lipinski definition) is 0. The summed E-state index contributed by atoms with van der Waals surface area (Å²) in [5, 5.41) is 0. The number of morpholine rings is 1. The lowest BCUT2D eigenvalue weighted by molar-refractivity contribution is 0.122. The highest BCUT2D eigenvalue weighted by molar-refractivity contribution is 5.81. The Morgan fingerprint density at radius 2 is 1.88 bits per heavy atom. The molecule has 1 saturated heterocycles. The number of hydrogen-bond acceptors (Lipinski definition) is 4. The van der Waals surface area contributed by atoms with Crippen LogP contribution in [0.5, 0.6) is 6.01 Å². The van der Waals surface area contributed by atoms with Gasteiger partial charge in [-0.15, -0.1) is 0 Å². The Morgan fingerprint density at radius 3 is 2.65 bits per heavy atom. The van der Waals surface area contributed by atoms with Crippen LogP contribution < -0.4 is 9.64 Å². The first-order valence-corrected chi connectivity index (χ1v) is 9.26. The van der Waals surface area contributed by atoms with Crippen molar-refractivity contribution in [2.24, 2.45) is 0 Å². The number of imidazole rings is 1. The molecule has 5 heteroatoms. The molecule has 2 heterocycles. The van der Waals surface area contributed by atoms with Crippen molar-refractivity contribution < 1.29 is 9.47 Å². The zero-order valence-corrected chi connectivity index (χ0v) is 15.2. The average molecular weight is 351 g/mol. The molecule has 2 aromatic carbocycles. The van der Waals surface area contributed by atoms with Gasteiger partial charge in [0.05, 0.1) is 31.4 Å². The molecule has 5 nitrogen and oxygen atoms in total. The van der Waals surface area contributed by atoms with Crippen molar-refractivity contribution in [1.29, 1.82) is 0 Å². The lowest BCUT2D eigenvalue weighted by Crippen LogP contribution is -2.36. The van der Waals surface area contributed by atoms with Crippen LogP contribution in [0.4, 0.5) is 5.69 Å². The largest absolute Gasteiger partial charge is 0.468 e. The second-order valence-electron chi connectivity index (χ2n) is 6.61. The van der Waals surface area contributed by atoms with Gasteiger partial charge in [0.25, 0.3) is 6.01 Å². The van der Waals surface area contributed by atoms with Crippen molar-refractivity contribution in [2.75, 3.05) is 38.3 Å². The number of benzene rings is 2. The van der Waals surface area contributed by atoms with Gasteiger partial charge in [-0.05, 0) is 36.6 Å². The molecule has 1 aliphatic rings. The van der Waals surface area contributed by atoms with Gasteiger partial charge in [-0.25, -0.2) is 0 Å². The summed E-state index contributed by atoms with van der Waals surface area (Å²) in [5.41, 5.74) is 4.69. The van der Waals surface area contributed by atoms with Gasteiger partial charge < -0.3 is 14.4 Å². The quantitative estimate of drug-likeness (QED) is 0.681. The minimum Gasteiger partial charge on any atom is -0.468 e. The van der Waals surface area contributed by atoms with Crippen LogP contribution in [0, 0.1) is 0 Å². The van der Waals surface area contributed by atoms with Crippen LogP contribution in [-0.2, 0) is 17.7 Å². The number of aromatic nitrogens is 2. The first-order chi connectivity index (χ1) is 12.8. The third-order valence-electron chi connectivity index (χ3n) is 4.95. The summed E-state index contributed by atoms with van der Waals surface area (Å²) < 4.78 is 13.2. The van der Waals surface area contributed by atoms with E-state index in [2.05, 4.69) is 58.0 Å². The number of rotatable bonds is 6. The third kappa shape index (κ3) is 3.53. The molecule has 0 aliphatic carbocycles. The Hall–Kier alpha value is -2.53. The summed E-state index contributed by atoms with van der Waals surface area (Å²) in [7, 11) is 1.69. The van der Waals surface area contributed by atoms with E-state index in [9.17, 15) is 0 Å². The van der Waals surface area contributed by atoms with E-state index in [-0.39, 0.29) is 0 Å². The Morgan fingerprint density at radius 1 is 1.08 bits per heavy atom. The maximum Gasteiger partial charge on any atom is 0.297 e. The molecule has 136 valence electrons. The second-order valence-corrected chi connectivity index (χ2v) is 6.61. The minimum absolute atomic E-state index is 0.687. The molecular formula is C21H25N3O2. The molecule has 4 rings (SSSR count). The first-order valence-electron chi connectivity index (χ1n) is 9.26. The number of ether oxygens (including phenoxy) is 2. The summed E-state index contributed by atoms with van der Waals surface area (Å²) in [5.74, 6) is 0. The molecule has 1 aliphatic heterocycles. The Labute approximate surface area is 154 Å². The molecule has 0 atom stereocenters. The fraction of sp³-hybridized carbons (Fsp3) is 0.381. The Bertz CT molecular complexity index is 854. The van der Waals surface area contributed by atoms with Crippen LogP contribution in [0.15, 0.2) is 48.5 Å². The molecule has 0 N–H and O–H groups in total. The van der Waals surface area contributed by atoms with Crippen LogP contribution in [0.25, 0.3) is 11.0 Å². The predicted molar refractivity (Wildman–Crippen MR) is 104 cm³/mol. The maximum atomic E-state index is 5.54. The molecule has 0 spiro atoms. The van der Waals surface area contributed by atoms with Crippen molar-refractivity contribution in [2.45, 2.75) is 19.4 Å². The molecule has 26 heavy (non-hydrogen) atoms. The zero-order valence-electron chi connectivity index (χ0n) is 15.2. The van der Waals surface area contributed by atoms with Crippen molar-refractivity contribution in [3.8, 4) is 6.01 Å². The van der Waals surface area contributed by atoms with Crippen LogP contribution in [0.2, 0.25) is 0 Å². The molecule has 0 saturated carbocycles. The van der Waals surface area contributed by atoms with Gasteiger partial charge in [0.2, 0.25) is 0 Å². The van der Waals surface area contributed by atoms with Crippen molar-refractivity contribution in [3.05, 3.63) is 54.1 Å². The Kier molecular flexibility index (Phi) is 5.07. The summed E-state index contributed by atoms with van der Waals surface area (Å²) in [6.45, 7) is 4.33. The average Bonchev–Trinajstić information content (AvgIpc) is 3.06. The predicted octanol–water partition coefficient (Wildman–Crippen LogP) is 3.51. The number of aryl methyl sites for hydroxylation is 2. The normalized spacial score (nSPS) is 14.7. The summed E-state index contributed by atoms with van der Waals surface area (Å²) in [6.07, 6.45) is 2.10. The molecule has 1 aromatic heterocycles. The molecule has 0 radical (unpaired) electrons. The highest BCUT2D eigenvalue weighted by Gasteiger charge is 2.15. The lowest BCUT2D eigenvalue weighted by atomic mass is 10.1. The molecular weight excluding hydrogens is 326 g/mol. The standard InChI is InChI=1S/C21H25N3O2/c1-25-21-22-19-16-18(23-12-14-26-15-13-23)9-10-20(19)24(21)11-5-8-17-6-3-2-4-7-17/h2-4,6-7,9-10,16H,5,8,11-15H2,1H3. The van der Waals surface area contributed by atoms with E-state index in [1.165, 1.54) is 11.3 Å². The highest BCUT2D eigenvalue weighted by Crippen LogP contribution is 2.27. The first kappa shape index (κ1) is 16.9. The third-order valence-corrected chi connectivity index (χ3v) is 4.95. The van der Waals surface area contributed by atoms with Crippen molar-refractivity contribution >= 4 is 16.7 Å². The van der Waals surface area contributed by atoms with E-state index >= 15 is 0 Å². The molecule has 3 aromatic rings. The van der Waals surface area contributed by atoms with Crippen molar-refractivity contribution in [1.82, 2.24) is 9.55 Å². The van der Waals surface area contributed by atoms with Crippen LogP contribution in [-0.4, -0.2) is 43.0 Å². The van der Waals surface area contributed by atoms with E-state index in [0.29, 0.717) is 6.01 Å². The molecule has 0 unspecified atom stereocenters. The number of fused-ring (bicyclic) bond motifs is 1. The Balaban J connectivity index is 1.53. The number of anilines is 1. The SMILES string of the molecule is COc1nc2cc(N3CCOCC3)ccc2n1CCCc1ccccc1. The van der Waals surface area contributed by atoms with E-state index < -0.39 is 0 Å². The van der Waals surface area contributed by atoms with E-state index in [1.54, 1.807) is 7.11 Å². The van der Waals surface area contributed by atoms with Gasteiger partial charge in [-0.3, -0.25) is 4.57 Å². The molecule has 0 amide bonds. The molecule has 1 fully saturated rings. The van der Waals surface area contributed by atoms with Gasteiger partial charge in [0, 0.05) is 25.3 Å².